The van der Waals surface area contributed by atoms with Gasteiger partial charge in [-0.1, -0.05) is 19.9 Å². The number of nitrogens with zero attached hydrogens (tertiary/aromatic N) is 2. The van der Waals surface area contributed by atoms with E-state index in [1.807, 2.05) is 12.2 Å². The minimum Gasteiger partial charge on any atom is -0.393 e. The third-order valence-corrected chi connectivity index (χ3v) is 6.43. The SMILES string of the molecule is CC(=NC1C2=CC(C#N)=CCC2CC12CC(C)C(O)C(C)C2)C(=N)N. The number of allylic oxidation sites excluding steroid dienone is 3. The second kappa shape index (κ2) is 6.42. The Hall–Kier alpha value is -1.93. The Balaban J connectivity index is 2.06. The fraction of sp³-hybridized carbons (Fsp3) is 0.650. The van der Waals surface area contributed by atoms with Crippen molar-refractivity contribution >= 4 is 11.5 Å². The predicted molar refractivity (Wildman–Crippen MR) is 99.3 cm³/mol. The number of amidine groups is 1. The standard InChI is InChI=1S/C20H28N4O/c1-11-7-20(8-12(2)17(11)25)9-15-5-4-14(10-21)6-16(15)18(20)24-13(3)19(22)23/h4,6,11-12,15,17-18,25H,5,7-9H2,1-3H3,(H3,22,23). The molecule has 0 saturated heterocycles. The van der Waals surface area contributed by atoms with Crippen LogP contribution in [0.25, 0.3) is 0 Å². The van der Waals surface area contributed by atoms with Crippen molar-refractivity contribution in [2.45, 2.75) is 58.6 Å². The lowest BCUT2D eigenvalue weighted by molar-refractivity contribution is -0.0302. The highest BCUT2D eigenvalue weighted by molar-refractivity contribution is 6.38. The molecule has 2 fully saturated rings. The summed E-state index contributed by atoms with van der Waals surface area (Å²) in [5.41, 5.74) is 8.14. The smallest absolute Gasteiger partial charge is 0.136 e. The lowest BCUT2D eigenvalue weighted by Crippen LogP contribution is -2.44. The van der Waals surface area contributed by atoms with Gasteiger partial charge >= 0.3 is 0 Å². The molecule has 0 aromatic carbocycles. The minimum absolute atomic E-state index is 0.00278. The van der Waals surface area contributed by atoms with Crippen LogP contribution in [-0.2, 0) is 0 Å². The van der Waals surface area contributed by atoms with Crippen LogP contribution in [0.2, 0.25) is 0 Å². The zero-order valence-electron chi connectivity index (χ0n) is 15.3. The summed E-state index contributed by atoms with van der Waals surface area (Å²) in [6, 6.07) is 2.21. The van der Waals surface area contributed by atoms with Gasteiger partial charge < -0.3 is 10.8 Å². The Morgan fingerprint density at radius 1 is 1.36 bits per heavy atom. The average Bonchev–Trinajstić information content (AvgIpc) is 2.84. The molecule has 2 saturated carbocycles. The van der Waals surface area contributed by atoms with Crippen molar-refractivity contribution in [1.29, 1.82) is 10.7 Å². The van der Waals surface area contributed by atoms with Gasteiger partial charge in [-0.05, 0) is 67.4 Å². The lowest BCUT2D eigenvalue weighted by atomic mass is 9.62. The van der Waals surface area contributed by atoms with Gasteiger partial charge in [-0.3, -0.25) is 10.4 Å². The summed E-state index contributed by atoms with van der Waals surface area (Å²) in [6.45, 7) is 6.03. The minimum atomic E-state index is -0.270. The van der Waals surface area contributed by atoms with Crippen LogP contribution in [0.4, 0.5) is 0 Å². The molecular formula is C20H28N4O. The quantitative estimate of drug-likeness (QED) is 0.531. The maximum Gasteiger partial charge on any atom is 0.136 e. The Morgan fingerprint density at radius 2 is 2.00 bits per heavy atom. The normalized spacial score (nSPS) is 40.9. The monoisotopic (exact) mass is 340 g/mol. The van der Waals surface area contributed by atoms with Crippen molar-refractivity contribution in [3.8, 4) is 6.07 Å². The molecular weight excluding hydrogens is 312 g/mol. The van der Waals surface area contributed by atoms with E-state index in [1.54, 1.807) is 6.92 Å². The van der Waals surface area contributed by atoms with E-state index >= 15 is 0 Å². The zero-order valence-corrected chi connectivity index (χ0v) is 15.3. The van der Waals surface area contributed by atoms with Crippen molar-refractivity contribution in [3.05, 3.63) is 23.3 Å². The van der Waals surface area contributed by atoms with Gasteiger partial charge in [0.1, 0.15) is 5.84 Å². The van der Waals surface area contributed by atoms with Gasteiger partial charge in [-0.25, -0.2) is 0 Å². The van der Waals surface area contributed by atoms with Gasteiger partial charge in [0.05, 0.1) is 23.9 Å². The first-order valence-corrected chi connectivity index (χ1v) is 9.16. The maximum atomic E-state index is 10.4. The highest BCUT2D eigenvalue weighted by Gasteiger charge is 2.54. The van der Waals surface area contributed by atoms with Crippen LogP contribution in [0.1, 0.15) is 46.5 Å². The van der Waals surface area contributed by atoms with E-state index in [-0.39, 0.29) is 35.2 Å². The summed E-state index contributed by atoms with van der Waals surface area (Å²) in [4.78, 5) is 4.88. The number of nitriles is 1. The molecule has 5 heteroatoms. The van der Waals surface area contributed by atoms with Crippen molar-refractivity contribution in [3.63, 3.8) is 0 Å². The molecule has 3 rings (SSSR count). The predicted octanol–water partition coefficient (Wildman–Crippen LogP) is 2.97. The van der Waals surface area contributed by atoms with E-state index in [0.29, 0.717) is 17.2 Å². The van der Waals surface area contributed by atoms with Gasteiger partial charge in [0.2, 0.25) is 0 Å². The summed E-state index contributed by atoms with van der Waals surface area (Å²) >= 11 is 0. The molecule has 1 spiro atoms. The number of hydrogen-bond donors (Lipinski definition) is 3. The summed E-state index contributed by atoms with van der Waals surface area (Å²) in [5, 5.41) is 27.4. The second-order valence-electron chi connectivity index (χ2n) is 8.30. The van der Waals surface area contributed by atoms with Crippen LogP contribution in [-0.4, -0.2) is 28.8 Å². The van der Waals surface area contributed by atoms with Crippen LogP contribution in [0, 0.1) is 39.9 Å². The molecule has 0 aliphatic heterocycles. The summed E-state index contributed by atoms with van der Waals surface area (Å²) in [7, 11) is 0. The van der Waals surface area contributed by atoms with E-state index in [1.165, 1.54) is 5.57 Å². The fourth-order valence-electron chi connectivity index (χ4n) is 5.33. The molecule has 0 radical (unpaired) electrons. The first-order valence-electron chi connectivity index (χ1n) is 9.16. The van der Waals surface area contributed by atoms with E-state index in [2.05, 4.69) is 19.9 Å². The number of rotatable bonds is 2. The number of aliphatic imine (C=N–C) groups is 1. The van der Waals surface area contributed by atoms with Gasteiger partial charge in [-0.2, -0.15) is 5.26 Å². The van der Waals surface area contributed by atoms with Crippen molar-refractivity contribution in [2.75, 3.05) is 0 Å². The molecule has 4 N–H and O–H groups in total. The van der Waals surface area contributed by atoms with E-state index in [0.717, 1.165) is 25.7 Å². The molecule has 4 unspecified atom stereocenters. The molecule has 0 bridgehead atoms. The topological polar surface area (TPSA) is 106 Å². The van der Waals surface area contributed by atoms with Crippen LogP contribution in [0.15, 0.2) is 28.3 Å². The molecule has 0 heterocycles. The molecule has 0 aromatic rings. The van der Waals surface area contributed by atoms with E-state index in [4.69, 9.17) is 16.1 Å². The number of fused-ring (bicyclic) bond motifs is 1. The van der Waals surface area contributed by atoms with Crippen molar-refractivity contribution in [2.24, 2.45) is 33.9 Å². The molecule has 134 valence electrons. The van der Waals surface area contributed by atoms with Crippen molar-refractivity contribution < 1.29 is 5.11 Å². The zero-order chi connectivity index (χ0) is 18.4. The molecule has 0 aromatic heterocycles. The number of nitrogens with one attached hydrogen (secondary N) is 1. The van der Waals surface area contributed by atoms with Gasteiger partial charge in [0, 0.05) is 5.57 Å². The third-order valence-electron chi connectivity index (χ3n) is 6.43. The number of nitrogens with two attached hydrogens (primary N) is 1. The highest BCUT2D eigenvalue weighted by Crippen LogP contribution is 2.59. The van der Waals surface area contributed by atoms with Gasteiger partial charge in [0.15, 0.2) is 0 Å². The maximum absolute atomic E-state index is 10.4. The van der Waals surface area contributed by atoms with Crippen molar-refractivity contribution in [1.82, 2.24) is 0 Å². The second-order valence-corrected chi connectivity index (χ2v) is 8.30. The largest absolute Gasteiger partial charge is 0.393 e. The number of aliphatic hydroxyl groups is 1. The van der Waals surface area contributed by atoms with Crippen LogP contribution >= 0.6 is 0 Å². The van der Waals surface area contributed by atoms with Crippen LogP contribution in [0.5, 0.6) is 0 Å². The lowest BCUT2D eigenvalue weighted by Gasteiger charge is -2.46. The molecule has 25 heavy (non-hydrogen) atoms. The van der Waals surface area contributed by atoms with E-state index < -0.39 is 0 Å². The number of aliphatic hydroxyl groups excluding tert-OH is 1. The van der Waals surface area contributed by atoms with Crippen LogP contribution < -0.4 is 5.73 Å². The van der Waals surface area contributed by atoms with Gasteiger partial charge in [-0.15, -0.1) is 0 Å². The van der Waals surface area contributed by atoms with Gasteiger partial charge in [0.25, 0.3) is 0 Å². The Kier molecular flexibility index (Phi) is 4.59. The third kappa shape index (κ3) is 3.04. The average molecular weight is 340 g/mol. The molecule has 3 aliphatic rings. The number of hydrogen-bond acceptors (Lipinski definition) is 4. The molecule has 0 amide bonds. The summed E-state index contributed by atoms with van der Waals surface area (Å²) in [5.74, 6) is 0.856. The first kappa shape index (κ1) is 17.9. The van der Waals surface area contributed by atoms with E-state index in [9.17, 15) is 10.4 Å². The molecule has 5 nitrogen and oxygen atoms in total. The van der Waals surface area contributed by atoms with Crippen LogP contribution in [0.3, 0.4) is 0 Å². The Morgan fingerprint density at radius 3 is 2.56 bits per heavy atom. The fourth-order valence-corrected chi connectivity index (χ4v) is 5.33. The Bertz CT molecular complexity index is 700. The molecule has 3 aliphatic carbocycles. The summed E-state index contributed by atoms with van der Waals surface area (Å²) < 4.78 is 0. The highest BCUT2D eigenvalue weighted by atomic mass is 16.3. The molecule has 4 atom stereocenters. The first-order chi connectivity index (χ1) is 11.8. The summed E-state index contributed by atoms with van der Waals surface area (Å²) in [6.07, 6.45) is 7.53. The Labute approximate surface area is 149 Å².